The lowest BCUT2D eigenvalue weighted by Crippen LogP contribution is -2.39. The summed E-state index contributed by atoms with van der Waals surface area (Å²) in [6.07, 6.45) is 1.85. The Balaban J connectivity index is 1.74. The van der Waals surface area contributed by atoms with Crippen LogP contribution in [0.1, 0.15) is 22.2 Å². The maximum absolute atomic E-state index is 12.1. The van der Waals surface area contributed by atoms with Crippen LogP contribution in [-0.4, -0.2) is 30.4 Å². The molecular formula is C15H18N2OS2. The summed E-state index contributed by atoms with van der Waals surface area (Å²) in [4.78, 5) is 16.6. The molecule has 2 aromatic heterocycles. The van der Waals surface area contributed by atoms with Gasteiger partial charge in [-0.3, -0.25) is 10.1 Å². The van der Waals surface area contributed by atoms with Gasteiger partial charge in [0.1, 0.15) is 0 Å². The van der Waals surface area contributed by atoms with E-state index in [4.69, 9.17) is 0 Å². The number of likely N-dealkylation sites (N-methyl/N-ethyl adjacent to an activating group) is 1. The van der Waals surface area contributed by atoms with Gasteiger partial charge in [-0.25, -0.2) is 0 Å². The molecule has 2 atom stereocenters. The van der Waals surface area contributed by atoms with Gasteiger partial charge in [0.05, 0.1) is 6.04 Å². The van der Waals surface area contributed by atoms with E-state index in [1.165, 1.54) is 9.75 Å². The minimum atomic E-state index is -0.0351. The lowest BCUT2D eigenvalue weighted by Gasteiger charge is -2.21. The average Bonchev–Trinajstić information content (AvgIpc) is 3.16. The van der Waals surface area contributed by atoms with Crippen molar-refractivity contribution in [1.29, 1.82) is 0 Å². The number of carbonyl (C=O) groups is 1. The normalized spacial score (nSPS) is 20.6. The molecule has 1 amide bonds. The Bertz CT molecular complexity index is 550. The predicted octanol–water partition coefficient (Wildman–Crippen LogP) is 2.91. The zero-order valence-corrected chi connectivity index (χ0v) is 13.0. The lowest BCUT2D eigenvalue weighted by molar-refractivity contribution is -0.128. The van der Waals surface area contributed by atoms with E-state index in [0.29, 0.717) is 0 Å². The Morgan fingerprint density at radius 3 is 2.75 bits per heavy atom. The van der Waals surface area contributed by atoms with Crippen LogP contribution in [0.4, 0.5) is 0 Å². The number of nitrogens with zero attached hydrogens (tertiary/aromatic N) is 1. The summed E-state index contributed by atoms with van der Waals surface area (Å²) in [7, 11) is 1.88. The molecule has 106 valence electrons. The van der Waals surface area contributed by atoms with E-state index in [-0.39, 0.29) is 18.0 Å². The minimum Gasteiger partial charge on any atom is -0.344 e. The lowest BCUT2D eigenvalue weighted by atomic mass is 10.1. The van der Waals surface area contributed by atoms with Gasteiger partial charge in [-0.2, -0.15) is 0 Å². The highest BCUT2D eigenvalue weighted by atomic mass is 32.1. The van der Waals surface area contributed by atoms with Crippen LogP contribution in [0.25, 0.3) is 0 Å². The molecule has 5 heteroatoms. The molecule has 1 fully saturated rings. The van der Waals surface area contributed by atoms with Gasteiger partial charge in [0.2, 0.25) is 5.91 Å². The molecule has 0 aromatic carbocycles. The van der Waals surface area contributed by atoms with Crippen LogP contribution in [-0.2, 0) is 11.2 Å². The summed E-state index contributed by atoms with van der Waals surface area (Å²) >= 11 is 3.53. The van der Waals surface area contributed by atoms with Crippen molar-refractivity contribution in [2.45, 2.75) is 24.9 Å². The van der Waals surface area contributed by atoms with E-state index < -0.39 is 0 Å². The molecule has 0 spiro atoms. The molecule has 1 N–H and O–H groups in total. The van der Waals surface area contributed by atoms with Gasteiger partial charge < -0.3 is 4.90 Å². The number of likely N-dealkylation sites (tertiary alicyclic amines) is 1. The number of carbonyl (C=O) groups excluding carboxylic acids is 1. The largest absolute Gasteiger partial charge is 0.344 e. The quantitative estimate of drug-likeness (QED) is 0.921. The Kier molecular flexibility index (Phi) is 4.19. The van der Waals surface area contributed by atoms with Crippen LogP contribution in [0.3, 0.4) is 0 Å². The summed E-state index contributed by atoms with van der Waals surface area (Å²) in [6, 6.07) is 8.67. The predicted molar refractivity (Wildman–Crippen MR) is 84.3 cm³/mol. The smallest absolute Gasteiger partial charge is 0.239 e. The maximum atomic E-state index is 12.1. The van der Waals surface area contributed by atoms with Gasteiger partial charge in [-0.15, -0.1) is 22.7 Å². The van der Waals surface area contributed by atoms with E-state index >= 15 is 0 Å². The van der Waals surface area contributed by atoms with Crippen LogP contribution < -0.4 is 5.32 Å². The second kappa shape index (κ2) is 6.08. The minimum absolute atomic E-state index is 0.0351. The molecule has 1 aliphatic rings. The first-order chi connectivity index (χ1) is 9.74. The molecule has 3 rings (SSSR count). The van der Waals surface area contributed by atoms with Crippen molar-refractivity contribution in [2.75, 3.05) is 13.6 Å². The molecule has 0 saturated carbocycles. The van der Waals surface area contributed by atoms with Gasteiger partial charge in [-0.05, 0) is 29.3 Å². The van der Waals surface area contributed by atoms with Gasteiger partial charge in [0.25, 0.3) is 0 Å². The van der Waals surface area contributed by atoms with Gasteiger partial charge in [0, 0.05) is 35.8 Å². The molecule has 3 nitrogen and oxygen atoms in total. The summed E-state index contributed by atoms with van der Waals surface area (Å²) in [5, 5.41) is 7.77. The summed E-state index contributed by atoms with van der Waals surface area (Å²) in [6.45, 7) is 0.854. The zero-order chi connectivity index (χ0) is 13.9. The average molecular weight is 306 g/mol. The van der Waals surface area contributed by atoms with Crippen molar-refractivity contribution in [1.82, 2.24) is 10.2 Å². The van der Waals surface area contributed by atoms with Crippen LogP contribution in [0.2, 0.25) is 0 Å². The highest BCUT2D eigenvalue weighted by Crippen LogP contribution is 2.26. The Hall–Kier alpha value is -1.17. The topological polar surface area (TPSA) is 32.3 Å². The standard InChI is InChI=1S/C15H18N2OS2/c1-17-7-6-12(15(17)18)16-13(14-5-3-9-20-14)10-11-4-2-8-19-11/h2-5,8-9,12-13,16H,6-7,10H2,1H3. The van der Waals surface area contributed by atoms with Crippen molar-refractivity contribution in [3.8, 4) is 0 Å². The van der Waals surface area contributed by atoms with E-state index in [1.54, 1.807) is 22.7 Å². The first-order valence-electron chi connectivity index (χ1n) is 6.81. The van der Waals surface area contributed by atoms with Crippen molar-refractivity contribution in [3.05, 3.63) is 44.8 Å². The zero-order valence-electron chi connectivity index (χ0n) is 11.4. The summed E-state index contributed by atoms with van der Waals surface area (Å²) in [5.41, 5.74) is 0. The van der Waals surface area contributed by atoms with E-state index in [0.717, 1.165) is 19.4 Å². The summed E-state index contributed by atoms with van der Waals surface area (Å²) < 4.78 is 0. The Labute approximate surface area is 127 Å². The van der Waals surface area contributed by atoms with E-state index in [2.05, 4.69) is 40.3 Å². The third-order valence-electron chi connectivity index (χ3n) is 3.70. The van der Waals surface area contributed by atoms with Gasteiger partial charge in [0.15, 0.2) is 0 Å². The molecule has 0 bridgehead atoms. The third-order valence-corrected chi connectivity index (χ3v) is 5.59. The molecule has 1 saturated heterocycles. The van der Waals surface area contributed by atoms with Crippen LogP contribution in [0.5, 0.6) is 0 Å². The molecule has 2 unspecified atom stereocenters. The van der Waals surface area contributed by atoms with Crippen molar-refractivity contribution < 1.29 is 4.79 Å². The molecule has 3 heterocycles. The highest BCUT2D eigenvalue weighted by molar-refractivity contribution is 7.10. The number of thiophene rings is 2. The van der Waals surface area contributed by atoms with Crippen molar-refractivity contribution in [2.24, 2.45) is 0 Å². The number of hydrogen-bond acceptors (Lipinski definition) is 4. The number of rotatable bonds is 5. The third kappa shape index (κ3) is 2.95. The Morgan fingerprint density at radius 2 is 2.15 bits per heavy atom. The molecule has 0 radical (unpaired) electrons. The van der Waals surface area contributed by atoms with Crippen LogP contribution in [0.15, 0.2) is 35.0 Å². The second-order valence-electron chi connectivity index (χ2n) is 5.12. The van der Waals surface area contributed by atoms with E-state index in [1.807, 2.05) is 11.9 Å². The molecule has 2 aromatic rings. The first kappa shape index (κ1) is 13.8. The van der Waals surface area contributed by atoms with Crippen molar-refractivity contribution >= 4 is 28.6 Å². The SMILES string of the molecule is CN1CCC(NC(Cc2cccs2)c2cccs2)C1=O. The molecule has 20 heavy (non-hydrogen) atoms. The number of nitrogens with one attached hydrogen (secondary N) is 1. The summed E-state index contributed by atoms with van der Waals surface area (Å²) in [5.74, 6) is 0.220. The fraction of sp³-hybridized carbons (Fsp3) is 0.400. The van der Waals surface area contributed by atoms with Crippen LogP contribution >= 0.6 is 22.7 Å². The number of amides is 1. The molecule has 0 aliphatic carbocycles. The second-order valence-corrected chi connectivity index (χ2v) is 7.13. The van der Waals surface area contributed by atoms with Gasteiger partial charge in [-0.1, -0.05) is 12.1 Å². The fourth-order valence-corrected chi connectivity index (χ4v) is 4.12. The molecule has 1 aliphatic heterocycles. The fourth-order valence-electron chi connectivity index (χ4n) is 2.58. The molecular weight excluding hydrogens is 288 g/mol. The van der Waals surface area contributed by atoms with Gasteiger partial charge >= 0.3 is 0 Å². The maximum Gasteiger partial charge on any atom is 0.239 e. The monoisotopic (exact) mass is 306 g/mol. The van der Waals surface area contributed by atoms with E-state index in [9.17, 15) is 4.79 Å². The van der Waals surface area contributed by atoms with Crippen LogP contribution in [0, 0.1) is 0 Å². The highest BCUT2D eigenvalue weighted by Gasteiger charge is 2.31. The first-order valence-corrected chi connectivity index (χ1v) is 8.57. The Morgan fingerprint density at radius 1 is 1.35 bits per heavy atom. The van der Waals surface area contributed by atoms with Crippen molar-refractivity contribution in [3.63, 3.8) is 0 Å². The number of hydrogen-bond donors (Lipinski definition) is 1.